The molecule has 6 heteroatoms. The summed E-state index contributed by atoms with van der Waals surface area (Å²) in [7, 11) is 0. The van der Waals surface area contributed by atoms with E-state index < -0.39 is 0 Å². The predicted molar refractivity (Wildman–Crippen MR) is 121 cm³/mol. The fraction of sp³-hybridized carbons (Fsp3) is 0.0476. The maximum absolute atomic E-state index is 13.4. The van der Waals surface area contributed by atoms with Crippen LogP contribution in [0.5, 0.6) is 0 Å². The standard InChI is InChI=1S/C21H14ClIN2OS/c22-16-10-6-12-18-19(16)24-21(27-18)25(13-14-7-2-1-3-8-14)20(26)15-9-4-5-11-17(15)23/h1-12H,13H2. The monoisotopic (exact) mass is 504 g/mol. The van der Waals surface area contributed by atoms with Gasteiger partial charge in [-0.05, 0) is 52.4 Å². The molecule has 134 valence electrons. The zero-order chi connectivity index (χ0) is 18.8. The average Bonchev–Trinajstić information content (AvgIpc) is 3.12. The molecule has 1 aromatic heterocycles. The number of benzene rings is 3. The molecule has 0 spiro atoms. The van der Waals surface area contributed by atoms with Crippen molar-refractivity contribution >= 4 is 66.8 Å². The number of rotatable bonds is 4. The second kappa shape index (κ2) is 7.96. The van der Waals surface area contributed by atoms with Crippen LogP contribution in [0.1, 0.15) is 15.9 Å². The van der Waals surface area contributed by atoms with Crippen molar-refractivity contribution in [2.24, 2.45) is 0 Å². The summed E-state index contributed by atoms with van der Waals surface area (Å²) < 4.78 is 1.88. The fourth-order valence-corrected chi connectivity index (χ4v) is 4.67. The van der Waals surface area contributed by atoms with E-state index in [1.54, 1.807) is 4.90 Å². The van der Waals surface area contributed by atoms with Gasteiger partial charge in [0.15, 0.2) is 5.13 Å². The van der Waals surface area contributed by atoms with Gasteiger partial charge in [0.2, 0.25) is 0 Å². The van der Waals surface area contributed by atoms with E-state index in [-0.39, 0.29) is 5.91 Å². The number of carbonyl (C=O) groups excluding carboxylic acids is 1. The lowest BCUT2D eigenvalue weighted by molar-refractivity contribution is 0.0984. The first kappa shape index (κ1) is 18.4. The minimum absolute atomic E-state index is 0.0703. The Morgan fingerprint density at radius 1 is 1.00 bits per heavy atom. The molecular formula is C21H14ClIN2OS. The third-order valence-corrected chi connectivity index (χ3v) is 6.41. The maximum Gasteiger partial charge on any atom is 0.261 e. The molecule has 1 amide bonds. The molecule has 0 radical (unpaired) electrons. The van der Waals surface area contributed by atoms with Crippen molar-refractivity contribution in [3.8, 4) is 0 Å². The van der Waals surface area contributed by atoms with E-state index in [0.29, 0.717) is 22.3 Å². The molecule has 0 aliphatic carbocycles. The highest BCUT2D eigenvalue weighted by Gasteiger charge is 2.23. The molecule has 0 N–H and O–H groups in total. The van der Waals surface area contributed by atoms with E-state index >= 15 is 0 Å². The average molecular weight is 505 g/mol. The van der Waals surface area contributed by atoms with Gasteiger partial charge in [0.1, 0.15) is 5.52 Å². The second-order valence-electron chi connectivity index (χ2n) is 5.94. The van der Waals surface area contributed by atoms with Crippen LogP contribution < -0.4 is 4.90 Å². The van der Waals surface area contributed by atoms with Gasteiger partial charge in [-0.1, -0.05) is 71.5 Å². The molecule has 4 rings (SSSR count). The summed E-state index contributed by atoms with van der Waals surface area (Å²) in [5.74, 6) is -0.0703. The van der Waals surface area contributed by atoms with Crippen LogP contribution in [0, 0.1) is 3.57 Å². The van der Waals surface area contributed by atoms with Gasteiger partial charge in [0.05, 0.1) is 21.8 Å². The number of para-hydroxylation sites is 1. The van der Waals surface area contributed by atoms with Crippen molar-refractivity contribution in [3.05, 3.63) is 92.5 Å². The van der Waals surface area contributed by atoms with E-state index in [4.69, 9.17) is 11.6 Å². The summed E-state index contributed by atoms with van der Waals surface area (Å²) >= 11 is 9.96. The molecule has 0 aliphatic rings. The van der Waals surface area contributed by atoms with Crippen LogP contribution in [-0.4, -0.2) is 10.9 Å². The first-order chi connectivity index (χ1) is 13.1. The van der Waals surface area contributed by atoms with Gasteiger partial charge >= 0.3 is 0 Å². The van der Waals surface area contributed by atoms with Gasteiger partial charge in [-0.2, -0.15) is 0 Å². The first-order valence-corrected chi connectivity index (χ1v) is 10.6. The van der Waals surface area contributed by atoms with E-state index in [1.165, 1.54) is 11.3 Å². The third kappa shape index (κ3) is 3.85. The third-order valence-electron chi connectivity index (χ3n) is 4.12. The van der Waals surface area contributed by atoms with Crippen LogP contribution in [0.15, 0.2) is 72.8 Å². The predicted octanol–water partition coefficient (Wildman–Crippen LogP) is 6.40. The zero-order valence-electron chi connectivity index (χ0n) is 14.1. The normalized spacial score (nSPS) is 10.9. The Morgan fingerprint density at radius 2 is 1.74 bits per heavy atom. The summed E-state index contributed by atoms with van der Waals surface area (Å²) in [5, 5.41) is 1.24. The maximum atomic E-state index is 13.4. The number of fused-ring (bicyclic) bond motifs is 1. The lowest BCUT2D eigenvalue weighted by Gasteiger charge is -2.20. The molecule has 0 unspecified atom stereocenters. The molecule has 0 aliphatic heterocycles. The van der Waals surface area contributed by atoms with E-state index in [9.17, 15) is 4.79 Å². The first-order valence-electron chi connectivity index (χ1n) is 8.29. The Morgan fingerprint density at radius 3 is 2.48 bits per heavy atom. The molecule has 0 fully saturated rings. The number of amides is 1. The molecule has 1 heterocycles. The Labute approximate surface area is 179 Å². The van der Waals surface area contributed by atoms with Gasteiger partial charge in [-0.3, -0.25) is 9.69 Å². The lowest BCUT2D eigenvalue weighted by atomic mass is 10.1. The Balaban J connectivity index is 1.81. The van der Waals surface area contributed by atoms with Crippen LogP contribution in [0.3, 0.4) is 0 Å². The molecule has 4 aromatic rings. The van der Waals surface area contributed by atoms with Gasteiger partial charge in [-0.25, -0.2) is 4.98 Å². The number of aromatic nitrogens is 1. The van der Waals surface area contributed by atoms with Crippen LogP contribution in [0.25, 0.3) is 10.2 Å². The van der Waals surface area contributed by atoms with E-state index in [1.807, 2.05) is 72.8 Å². The quantitative estimate of drug-likeness (QED) is 0.301. The summed E-state index contributed by atoms with van der Waals surface area (Å²) in [4.78, 5) is 19.8. The minimum Gasteiger partial charge on any atom is -0.279 e. The Kier molecular flexibility index (Phi) is 5.43. The number of nitrogens with zero attached hydrogens (tertiary/aromatic N) is 2. The Bertz CT molecular complexity index is 1110. The second-order valence-corrected chi connectivity index (χ2v) is 8.52. The minimum atomic E-state index is -0.0703. The van der Waals surface area contributed by atoms with Crippen LogP contribution in [0.4, 0.5) is 5.13 Å². The zero-order valence-corrected chi connectivity index (χ0v) is 17.8. The van der Waals surface area contributed by atoms with Gasteiger partial charge in [0.25, 0.3) is 5.91 Å². The molecule has 0 atom stereocenters. The summed E-state index contributed by atoms with van der Waals surface area (Å²) in [6.45, 7) is 0.447. The van der Waals surface area contributed by atoms with Crippen molar-refractivity contribution in [2.75, 3.05) is 4.90 Å². The number of halogens is 2. The molecule has 0 saturated heterocycles. The van der Waals surface area contributed by atoms with E-state index in [2.05, 4.69) is 27.6 Å². The molecular weight excluding hydrogens is 491 g/mol. The summed E-state index contributed by atoms with van der Waals surface area (Å²) in [6.07, 6.45) is 0. The van der Waals surface area contributed by atoms with Crippen molar-refractivity contribution in [1.29, 1.82) is 0 Å². The highest BCUT2D eigenvalue weighted by molar-refractivity contribution is 14.1. The summed E-state index contributed by atoms with van der Waals surface area (Å²) in [5.41, 5.74) is 2.44. The smallest absolute Gasteiger partial charge is 0.261 e. The molecule has 0 saturated carbocycles. The number of hydrogen-bond donors (Lipinski definition) is 0. The Hall–Kier alpha value is -1.96. The van der Waals surface area contributed by atoms with Crippen molar-refractivity contribution in [3.63, 3.8) is 0 Å². The van der Waals surface area contributed by atoms with Crippen molar-refractivity contribution < 1.29 is 4.79 Å². The molecule has 27 heavy (non-hydrogen) atoms. The van der Waals surface area contributed by atoms with Gasteiger partial charge in [0, 0.05) is 3.57 Å². The van der Waals surface area contributed by atoms with Crippen molar-refractivity contribution in [1.82, 2.24) is 4.98 Å². The number of thiazole rings is 1. The highest BCUT2D eigenvalue weighted by atomic mass is 127. The number of hydrogen-bond acceptors (Lipinski definition) is 3. The largest absolute Gasteiger partial charge is 0.279 e. The van der Waals surface area contributed by atoms with E-state index in [0.717, 1.165) is 19.4 Å². The SMILES string of the molecule is O=C(c1ccccc1I)N(Cc1ccccc1)c1nc2c(Cl)cccc2s1. The van der Waals surface area contributed by atoms with Gasteiger partial charge in [-0.15, -0.1) is 0 Å². The van der Waals surface area contributed by atoms with Crippen molar-refractivity contribution in [2.45, 2.75) is 6.54 Å². The molecule has 3 nitrogen and oxygen atoms in total. The highest BCUT2D eigenvalue weighted by Crippen LogP contribution is 2.34. The summed E-state index contributed by atoms with van der Waals surface area (Å²) in [6, 6.07) is 23.2. The fourth-order valence-electron chi connectivity index (χ4n) is 2.79. The van der Waals surface area contributed by atoms with Gasteiger partial charge < -0.3 is 0 Å². The van der Waals surface area contributed by atoms with Crippen LogP contribution in [0.2, 0.25) is 5.02 Å². The van der Waals surface area contributed by atoms with Crippen LogP contribution >= 0.6 is 45.5 Å². The lowest BCUT2D eigenvalue weighted by Crippen LogP contribution is -2.30. The van der Waals surface area contributed by atoms with Crippen LogP contribution in [-0.2, 0) is 6.54 Å². The number of carbonyl (C=O) groups is 1. The molecule has 3 aromatic carbocycles. The number of anilines is 1. The molecule has 0 bridgehead atoms. The topological polar surface area (TPSA) is 33.2 Å².